The van der Waals surface area contributed by atoms with Gasteiger partial charge in [0.25, 0.3) is 0 Å². The molecule has 1 saturated carbocycles. The van der Waals surface area contributed by atoms with Gasteiger partial charge in [-0.3, -0.25) is 0 Å². The second-order valence-corrected chi connectivity index (χ2v) is 5.24. The fourth-order valence-electron chi connectivity index (χ4n) is 1.63. The summed E-state index contributed by atoms with van der Waals surface area (Å²) in [7, 11) is 1.90. The van der Waals surface area contributed by atoms with E-state index >= 15 is 0 Å². The van der Waals surface area contributed by atoms with Crippen molar-refractivity contribution in [3.05, 3.63) is 0 Å². The minimum atomic E-state index is -0.215. The van der Waals surface area contributed by atoms with Crippen molar-refractivity contribution in [3.8, 4) is 0 Å². The highest BCUT2D eigenvalue weighted by molar-refractivity contribution is 5.00. The average molecular weight is 201 g/mol. The van der Waals surface area contributed by atoms with Crippen LogP contribution in [0.2, 0.25) is 0 Å². The molecule has 3 nitrogen and oxygen atoms in total. The van der Waals surface area contributed by atoms with Crippen LogP contribution in [0.1, 0.15) is 33.6 Å². The maximum absolute atomic E-state index is 9.44. The van der Waals surface area contributed by atoms with E-state index in [-0.39, 0.29) is 17.7 Å². The lowest BCUT2D eigenvalue weighted by molar-refractivity contribution is -0.0534. The summed E-state index contributed by atoms with van der Waals surface area (Å²) < 4.78 is 5.76. The summed E-state index contributed by atoms with van der Waals surface area (Å²) in [5.74, 6) is 0.583. The maximum atomic E-state index is 9.44. The van der Waals surface area contributed by atoms with E-state index in [2.05, 4.69) is 5.32 Å². The third-order valence-corrected chi connectivity index (χ3v) is 2.90. The molecule has 1 atom stereocenters. The Morgan fingerprint density at radius 2 is 1.93 bits per heavy atom. The lowest BCUT2D eigenvalue weighted by Gasteiger charge is -2.34. The number of hydrogen-bond acceptors (Lipinski definition) is 3. The van der Waals surface area contributed by atoms with E-state index in [9.17, 15) is 5.11 Å². The van der Waals surface area contributed by atoms with Crippen molar-refractivity contribution in [2.75, 3.05) is 20.3 Å². The number of rotatable bonds is 5. The third kappa shape index (κ3) is 2.94. The first-order valence-electron chi connectivity index (χ1n) is 5.37. The minimum absolute atomic E-state index is 0.133. The van der Waals surface area contributed by atoms with Gasteiger partial charge in [0, 0.05) is 0 Å². The molecule has 1 unspecified atom stereocenters. The first kappa shape index (κ1) is 12.0. The molecule has 0 bridgehead atoms. The minimum Gasteiger partial charge on any atom is -0.394 e. The lowest BCUT2D eigenvalue weighted by Crippen LogP contribution is -2.53. The second kappa shape index (κ2) is 4.17. The van der Waals surface area contributed by atoms with E-state index in [0.29, 0.717) is 12.5 Å². The Morgan fingerprint density at radius 3 is 2.21 bits per heavy atom. The number of hydrogen-bond donors (Lipinski definition) is 2. The maximum Gasteiger partial charge on any atom is 0.0680 e. The Hall–Kier alpha value is -0.120. The molecule has 1 aliphatic carbocycles. The molecule has 0 spiro atoms. The van der Waals surface area contributed by atoms with Gasteiger partial charge in [-0.15, -0.1) is 0 Å². The quantitative estimate of drug-likeness (QED) is 0.701. The van der Waals surface area contributed by atoms with Crippen LogP contribution in [0.5, 0.6) is 0 Å². The normalized spacial score (nSPS) is 22.1. The zero-order valence-corrected chi connectivity index (χ0v) is 9.76. The Balaban J connectivity index is 2.50. The summed E-state index contributed by atoms with van der Waals surface area (Å²) in [5, 5.41) is 12.7. The SMILES string of the molecule is CNC(CO)(COC(C)(C)C)C1CC1. The lowest BCUT2D eigenvalue weighted by atomic mass is 9.95. The smallest absolute Gasteiger partial charge is 0.0680 e. The van der Waals surface area contributed by atoms with Gasteiger partial charge in [0.1, 0.15) is 0 Å². The van der Waals surface area contributed by atoms with Crippen LogP contribution in [-0.2, 0) is 4.74 Å². The molecule has 0 saturated heterocycles. The van der Waals surface area contributed by atoms with Crippen LogP contribution in [0.25, 0.3) is 0 Å². The highest BCUT2D eigenvalue weighted by atomic mass is 16.5. The Morgan fingerprint density at radius 1 is 1.36 bits per heavy atom. The van der Waals surface area contributed by atoms with Crippen LogP contribution >= 0.6 is 0 Å². The van der Waals surface area contributed by atoms with E-state index in [1.807, 2.05) is 27.8 Å². The summed E-state index contributed by atoms with van der Waals surface area (Å²) in [4.78, 5) is 0. The van der Waals surface area contributed by atoms with Crippen LogP contribution in [0.4, 0.5) is 0 Å². The molecule has 3 heteroatoms. The first-order chi connectivity index (χ1) is 6.43. The molecular weight excluding hydrogens is 178 g/mol. The van der Waals surface area contributed by atoms with E-state index in [1.165, 1.54) is 12.8 Å². The van der Waals surface area contributed by atoms with Crippen molar-refractivity contribution >= 4 is 0 Å². The standard InChI is InChI=1S/C11H23NO2/c1-10(2,3)14-8-11(7-13,12-4)9-5-6-9/h9,12-13H,5-8H2,1-4H3. The van der Waals surface area contributed by atoms with Crippen molar-refractivity contribution < 1.29 is 9.84 Å². The van der Waals surface area contributed by atoms with Crippen molar-refractivity contribution in [2.24, 2.45) is 5.92 Å². The largest absolute Gasteiger partial charge is 0.394 e. The topological polar surface area (TPSA) is 41.5 Å². The molecule has 1 fully saturated rings. The summed E-state index contributed by atoms with van der Waals surface area (Å²) >= 11 is 0. The van der Waals surface area contributed by atoms with Gasteiger partial charge in [0.05, 0.1) is 24.4 Å². The number of aliphatic hydroxyl groups excluding tert-OH is 1. The third-order valence-electron chi connectivity index (χ3n) is 2.90. The molecule has 1 rings (SSSR count). The predicted molar refractivity (Wildman–Crippen MR) is 57.3 cm³/mol. The molecule has 0 amide bonds. The van der Waals surface area contributed by atoms with E-state index in [1.54, 1.807) is 0 Å². The Kier molecular flexibility index (Phi) is 3.56. The molecular formula is C11H23NO2. The van der Waals surface area contributed by atoms with Gasteiger partial charge < -0.3 is 15.2 Å². The van der Waals surface area contributed by atoms with Gasteiger partial charge in [-0.2, -0.15) is 0 Å². The summed E-state index contributed by atoms with van der Waals surface area (Å²) in [6.45, 7) is 6.87. The molecule has 2 N–H and O–H groups in total. The van der Waals surface area contributed by atoms with Crippen molar-refractivity contribution in [1.29, 1.82) is 0 Å². The summed E-state index contributed by atoms with van der Waals surface area (Å²) in [6.07, 6.45) is 2.41. The Bertz CT molecular complexity index is 178. The highest BCUT2D eigenvalue weighted by Gasteiger charge is 2.44. The molecule has 0 aliphatic heterocycles. The van der Waals surface area contributed by atoms with Crippen LogP contribution in [0.3, 0.4) is 0 Å². The van der Waals surface area contributed by atoms with Crippen molar-refractivity contribution in [3.63, 3.8) is 0 Å². The zero-order chi connectivity index (χ0) is 10.8. The van der Waals surface area contributed by atoms with E-state index in [0.717, 1.165) is 0 Å². The van der Waals surface area contributed by atoms with Gasteiger partial charge in [-0.25, -0.2) is 0 Å². The van der Waals surface area contributed by atoms with Crippen molar-refractivity contribution in [1.82, 2.24) is 5.32 Å². The molecule has 84 valence electrons. The second-order valence-electron chi connectivity index (χ2n) is 5.24. The van der Waals surface area contributed by atoms with Gasteiger partial charge in [0.2, 0.25) is 0 Å². The van der Waals surface area contributed by atoms with Gasteiger partial charge >= 0.3 is 0 Å². The number of ether oxygens (including phenoxy) is 1. The van der Waals surface area contributed by atoms with Crippen molar-refractivity contribution in [2.45, 2.75) is 44.8 Å². The van der Waals surface area contributed by atoms with Crippen LogP contribution < -0.4 is 5.32 Å². The molecule has 1 aliphatic rings. The first-order valence-corrected chi connectivity index (χ1v) is 5.37. The fourth-order valence-corrected chi connectivity index (χ4v) is 1.63. The number of aliphatic hydroxyl groups is 1. The van der Waals surface area contributed by atoms with Crippen LogP contribution in [0, 0.1) is 5.92 Å². The van der Waals surface area contributed by atoms with Gasteiger partial charge in [-0.1, -0.05) is 0 Å². The highest BCUT2D eigenvalue weighted by Crippen LogP contribution is 2.40. The predicted octanol–water partition coefficient (Wildman–Crippen LogP) is 1.16. The number of likely N-dealkylation sites (N-methyl/N-ethyl adjacent to an activating group) is 1. The molecule has 0 radical (unpaired) electrons. The molecule has 0 aromatic rings. The van der Waals surface area contributed by atoms with Crippen LogP contribution in [0.15, 0.2) is 0 Å². The summed E-state index contributed by atoms with van der Waals surface area (Å²) in [6, 6.07) is 0. The summed E-state index contributed by atoms with van der Waals surface area (Å²) in [5.41, 5.74) is -0.348. The zero-order valence-electron chi connectivity index (χ0n) is 9.76. The van der Waals surface area contributed by atoms with Crippen LogP contribution in [-0.4, -0.2) is 36.5 Å². The molecule has 0 aromatic heterocycles. The van der Waals surface area contributed by atoms with Gasteiger partial charge in [-0.05, 0) is 46.6 Å². The molecule has 0 heterocycles. The fraction of sp³-hybridized carbons (Fsp3) is 1.00. The van der Waals surface area contributed by atoms with E-state index < -0.39 is 0 Å². The van der Waals surface area contributed by atoms with E-state index in [4.69, 9.17) is 4.74 Å². The average Bonchev–Trinajstić information content (AvgIpc) is 2.89. The monoisotopic (exact) mass is 201 g/mol. The van der Waals surface area contributed by atoms with Gasteiger partial charge in [0.15, 0.2) is 0 Å². The molecule has 14 heavy (non-hydrogen) atoms. The molecule has 0 aromatic carbocycles. The Labute approximate surface area is 86.8 Å². The number of nitrogens with one attached hydrogen (secondary N) is 1.